The van der Waals surface area contributed by atoms with E-state index in [9.17, 15) is 14.9 Å². The molecule has 0 aromatic heterocycles. The van der Waals surface area contributed by atoms with Gasteiger partial charge in [-0.25, -0.2) is 4.79 Å². The number of nitrogens with one attached hydrogen (secondary N) is 1. The molecule has 0 saturated carbocycles. The fraction of sp³-hybridized carbons (Fsp3) is 0.462. The second kappa shape index (κ2) is 5.77. The molecular weight excluding hydrogens is 262 g/mol. The van der Waals surface area contributed by atoms with E-state index in [4.69, 9.17) is 5.11 Å². The van der Waals surface area contributed by atoms with Gasteiger partial charge >= 0.3 is 6.09 Å². The van der Waals surface area contributed by atoms with E-state index in [0.717, 1.165) is 12.0 Å². The quantitative estimate of drug-likeness (QED) is 0.651. The first-order chi connectivity index (χ1) is 9.47. The van der Waals surface area contributed by atoms with Gasteiger partial charge in [-0.3, -0.25) is 10.1 Å². The van der Waals surface area contributed by atoms with Crippen molar-refractivity contribution < 1.29 is 14.8 Å². The Morgan fingerprint density at radius 2 is 2.35 bits per heavy atom. The first kappa shape index (κ1) is 14.1. The fourth-order valence-corrected chi connectivity index (χ4v) is 2.38. The molecule has 1 fully saturated rings. The van der Waals surface area contributed by atoms with E-state index in [2.05, 4.69) is 5.32 Å². The van der Waals surface area contributed by atoms with Crippen molar-refractivity contribution in [3.05, 3.63) is 33.9 Å². The zero-order valence-corrected chi connectivity index (χ0v) is 11.2. The highest BCUT2D eigenvalue weighted by molar-refractivity contribution is 5.65. The maximum atomic E-state index is 11.0. The van der Waals surface area contributed by atoms with Crippen molar-refractivity contribution in [3.8, 4) is 0 Å². The van der Waals surface area contributed by atoms with Crippen molar-refractivity contribution in [1.29, 1.82) is 0 Å². The SMILES string of the molecule is Cc1ccc([N+](=O)[O-])c(NC[C@@H]2CCN(C(=O)O)C2)c1. The Labute approximate surface area is 116 Å². The molecule has 7 nitrogen and oxygen atoms in total. The van der Waals surface area contributed by atoms with Crippen LogP contribution in [0.2, 0.25) is 0 Å². The second-order valence-corrected chi connectivity index (χ2v) is 5.04. The highest BCUT2D eigenvalue weighted by Crippen LogP contribution is 2.26. The predicted molar refractivity (Wildman–Crippen MR) is 74.0 cm³/mol. The molecule has 1 saturated heterocycles. The Kier molecular flexibility index (Phi) is 4.07. The maximum absolute atomic E-state index is 11.0. The molecule has 0 aliphatic carbocycles. The van der Waals surface area contributed by atoms with Gasteiger partial charge in [-0.1, -0.05) is 6.07 Å². The van der Waals surface area contributed by atoms with Gasteiger partial charge in [-0.15, -0.1) is 0 Å². The van der Waals surface area contributed by atoms with Gasteiger partial charge in [0.2, 0.25) is 0 Å². The lowest BCUT2D eigenvalue weighted by molar-refractivity contribution is -0.384. The number of aryl methyl sites for hydroxylation is 1. The normalized spacial score (nSPS) is 18.1. The van der Waals surface area contributed by atoms with Crippen LogP contribution in [0.25, 0.3) is 0 Å². The van der Waals surface area contributed by atoms with Crippen LogP contribution in [-0.4, -0.2) is 40.7 Å². The molecule has 0 spiro atoms. The van der Waals surface area contributed by atoms with Gasteiger partial charge in [-0.05, 0) is 30.9 Å². The maximum Gasteiger partial charge on any atom is 0.407 e. The van der Waals surface area contributed by atoms with Gasteiger partial charge in [-0.2, -0.15) is 0 Å². The Morgan fingerprint density at radius 1 is 1.60 bits per heavy atom. The van der Waals surface area contributed by atoms with Gasteiger partial charge < -0.3 is 15.3 Å². The van der Waals surface area contributed by atoms with Gasteiger partial charge in [0.05, 0.1) is 4.92 Å². The first-order valence-corrected chi connectivity index (χ1v) is 6.44. The van der Waals surface area contributed by atoms with Crippen molar-refractivity contribution >= 4 is 17.5 Å². The molecule has 1 aliphatic rings. The zero-order chi connectivity index (χ0) is 14.7. The third kappa shape index (κ3) is 3.17. The molecule has 1 aromatic rings. The molecule has 1 aromatic carbocycles. The van der Waals surface area contributed by atoms with E-state index < -0.39 is 11.0 Å². The standard InChI is InChI=1S/C13H17N3O4/c1-9-2-3-12(16(19)20)11(6-9)14-7-10-4-5-15(8-10)13(17)18/h2-3,6,10,14H,4-5,7-8H2,1H3,(H,17,18)/t10-/m0/s1. The summed E-state index contributed by atoms with van der Waals surface area (Å²) in [6.07, 6.45) is -0.132. The summed E-state index contributed by atoms with van der Waals surface area (Å²) in [7, 11) is 0. The van der Waals surface area contributed by atoms with Crippen LogP contribution in [0, 0.1) is 23.0 Å². The molecular formula is C13H17N3O4. The Hall–Kier alpha value is -2.31. The molecule has 0 unspecified atom stereocenters. The molecule has 20 heavy (non-hydrogen) atoms. The Bertz CT molecular complexity index is 532. The van der Waals surface area contributed by atoms with E-state index in [1.807, 2.05) is 6.92 Å². The molecule has 0 radical (unpaired) electrons. The van der Waals surface area contributed by atoms with Crippen molar-refractivity contribution in [2.24, 2.45) is 5.92 Å². The summed E-state index contributed by atoms with van der Waals surface area (Å²) in [5.41, 5.74) is 1.48. The van der Waals surface area contributed by atoms with E-state index in [-0.39, 0.29) is 11.6 Å². The van der Waals surface area contributed by atoms with E-state index in [1.165, 1.54) is 11.0 Å². The number of rotatable bonds is 4. The average Bonchev–Trinajstić information content (AvgIpc) is 2.85. The van der Waals surface area contributed by atoms with Gasteiger partial charge in [0.1, 0.15) is 5.69 Å². The third-order valence-corrected chi connectivity index (χ3v) is 3.49. The van der Waals surface area contributed by atoms with Crippen molar-refractivity contribution in [2.75, 3.05) is 25.0 Å². The summed E-state index contributed by atoms with van der Waals surface area (Å²) in [6, 6.07) is 4.92. The van der Waals surface area contributed by atoms with E-state index >= 15 is 0 Å². The molecule has 1 atom stereocenters. The zero-order valence-electron chi connectivity index (χ0n) is 11.2. The number of likely N-dealkylation sites (tertiary alicyclic amines) is 1. The number of nitro benzene ring substituents is 1. The minimum Gasteiger partial charge on any atom is -0.465 e. The predicted octanol–water partition coefficient (Wildman–Crippen LogP) is 2.32. The first-order valence-electron chi connectivity index (χ1n) is 6.44. The van der Waals surface area contributed by atoms with E-state index in [1.54, 1.807) is 12.1 Å². The minimum atomic E-state index is -0.908. The van der Waals surface area contributed by atoms with Crippen LogP contribution in [0.3, 0.4) is 0 Å². The number of hydrogen-bond acceptors (Lipinski definition) is 4. The molecule has 2 rings (SSSR count). The lowest BCUT2D eigenvalue weighted by Gasteiger charge is -2.14. The third-order valence-electron chi connectivity index (χ3n) is 3.49. The number of amides is 1. The number of nitro groups is 1. The molecule has 0 bridgehead atoms. The van der Waals surface area contributed by atoms with Crippen LogP contribution in [0.5, 0.6) is 0 Å². The van der Waals surface area contributed by atoms with Gasteiger partial charge in [0.25, 0.3) is 5.69 Å². The Balaban J connectivity index is 1.99. The average molecular weight is 279 g/mol. The monoisotopic (exact) mass is 279 g/mol. The number of benzene rings is 1. The van der Waals surface area contributed by atoms with Crippen LogP contribution < -0.4 is 5.32 Å². The minimum absolute atomic E-state index is 0.0451. The lowest BCUT2D eigenvalue weighted by atomic mass is 10.1. The Morgan fingerprint density at radius 3 is 2.95 bits per heavy atom. The van der Waals surface area contributed by atoms with Crippen molar-refractivity contribution in [3.63, 3.8) is 0 Å². The highest BCUT2D eigenvalue weighted by Gasteiger charge is 2.26. The lowest BCUT2D eigenvalue weighted by Crippen LogP contribution is -2.27. The molecule has 108 valence electrons. The molecule has 1 amide bonds. The van der Waals surface area contributed by atoms with Crippen LogP contribution in [-0.2, 0) is 0 Å². The van der Waals surface area contributed by atoms with Gasteiger partial charge in [0.15, 0.2) is 0 Å². The van der Waals surface area contributed by atoms with Crippen LogP contribution in [0.15, 0.2) is 18.2 Å². The molecule has 1 aliphatic heterocycles. The molecule has 2 N–H and O–H groups in total. The number of hydrogen-bond donors (Lipinski definition) is 2. The number of anilines is 1. The summed E-state index contributed by atoms with van der Waals surface area (Å²) < 4.78 is 0. The van der Waals surface area contributed by atoms with Crippen LogP contribution >= 0.6 is 0 Å². The topological polar surface area (TPSA) is 95.7 Å². The molecule has 7 heteroatoms. The summed E-state index contributed by atoms with van der Waals surface area (Å²) >= 11 is 0. The van der Waals surface area contributed by atoms with Crippen molar-refractivity contribution in [2.45, 2.75) is 13.3 Å². The largest absolute Gasteiger partial charge is 0.465 e. The summed E-state index contributed by atoms with van der Waals surface area (Å²) in [4.78, 5) is 22.7. The smallest absolute Gasteiger partial charge is 0.407 e. The fourth-order valence-electron chi connectivity index (χ4n) is 2.38. The van der Waals surface area contributed by atoms with Crippen LogP contribution in [0.1, 0.15) is 12.0 Å². The summed E-state index contributed by atoms with van der Waals surface area (Å²) in [6.45, 7) is 3.41. The summed E-state index contributed by atoms with van der Waals surface area (Å²) in [5.74, 6) is 0.186. The van der Waals surface area contributed by atoms with Crippen LogP contribution in [0.4, 0.5) is 16.2 Å². The number of carbonyl (C=O) groups is 1. The van der Waals surface area contributed by atoms with E-state index in [0.29, 0.717) is 25.3 Å². The number of nitrogens with zero attached hydrogens (tertiary/aromatic N) is 2. The van der Waals surface area contributed by atoms with Gasteiger partial charge in [0, 0.05) is 25.7 Å². The molecule has 1 heterocycles. The highest BCUT2D eigenvalue weighted by atomic mass is 16.6. The van der Waals surface area contributed by atoms with Crippen molar-refractivity contribution in [1.82, 2.24) is 4.90 Å². The number of carboxylic acid groups (broad SMARTS) is 1. The summed E-state index contributed by atoms with van der Waals surface area (Å²) in [5, 5.41) is 22.9. The second-order valence-electron chi connectivity index (χ2n) is 5.04.